The van der Waals surface area contributed by atoms with Crippen LogP contribution in [0.15, 0.2) is 0 Å². The molecule has 0 spiro atoms. The fraction of sp³-hybridized carbons (Fsp3) is 1.00. The van der Waals surface area contributed by atoms with E-state index in [0.29, 0.717) is 16.9 Å². The SMILES string of the molecule is COC1CC[C@@]2(C)C(CC[C@H]3[C@@H]4CC[C@H]([C@H](C)CC[C@H](C)C(C)C)[C@@]4(C)CC[C@@H]32)C1. The minimum absolute atomic E-state index is 0.540. The van der Waals surface area contributed by atoms with Crippen molar-refractivity contribution in [3.05, 3.63) is 0 Å². The second kappa shape index (κ2) is 8.72. The van der Waals surface area contributed by atoms with Crippen LogP contribution in [0.2, 0.25) is 0 Å². The molecule has 174 valence electrons. The van der Waals surface area contributed by atoms with Crippen LogP contribution in [0.25, 0.3) is 0 Å². The number of ether oxygens (including phenoxy) is 1. The van der Waals surface area contributed by atoms with Gasteiger partial charge in [-0.25, -0.2) is 0 Å². The second-order valence-corrected chi connectivity index (χ2v) is 13.3. The van der Waals surface area contributed by atoms with E-state index in [2.05, 4.69) is 41.5 Å². The van der Waals surface area contributed by atoms with Gasteiger partial charge in [0.25, 0.3) is 0 Å². The van der Waals surface area contributed by atoms with Gasteiger partial charge in [0.15, 0.2) is 0 Å². The van der Waals surface area contributed by atoms with E-state index in [-0.39, 0.29) is 0 Å². The van der Waals surface area contributed by atoms with E-state index < -0.39 is 0 Å². The van der Waals surface area contributed by atoms with Gasteiger partial charge in [-0.1, -0.05) is 54.4 Å². The summed E-state index contributed by atoms with van der Waals surface area (Å²) in [5.74, 6) is 7.59. The van der Waals surface area contributed by atoms with E-state index >= 15 is 0 Å². The van der Waals surface area contributed by atoms with Crippen molar-refractivity contribution in [2.45, 2.75) is 118 Å². The molecule has 0 heterocycles. The number of hydrogen-bond acceptors (Lipinski definition) is 1. The maximum Gasteiger partial charge on any atom is 0.0574 e. The van der Waals surface area contributed by atoms with Gasteiger partial charge in [-0.15, -0.1) is 0 Å². The number of fused-ring (bicyclic) bond motifs is 5. The molecule has 0 aromatic rings. The molecule has 0 aliphatic heterocycles. The maximum absolute atomic E-state index is 5.80. The highest BCUT2D eigenvalue weighted by molar-refractivity contribution is 5.09. The van der Waals surface area contributed by atoms with Crippen molar-refractivity contribution in [2.75, 3.05) is 7.11 Å². The molecule has 1 nitrogen and oxygen atoms in total. The Bertz CT molecular complexity index is 583. The van der Waals surface area contributed by atoms with Crippen LogP contribution in [0, 0.1) is 58.2 Å². The first-order chi connectivity index (χ1) is 14.2. The topological polar surface area (TPSA) is 9.23 Å². The van der Waals surface area contributed by atoms with Crippen LogP contribution in [0.1, 0.15) is 112 Å². The Morgan fingerprint density at radius 1 is 0.800 bits per heavy atom. The normalized spacial score (nSPS) is 48.0. The summed E-state index contributed by atoms with van der Waals surface area (Å²) < 4.78 is 5.80. The highest BCUT2D eigenvalue weighted by atomic mass is 16.5. The minimum atomic E-state index is 0.540. The van der Waals surface area contributed by atoms with Crippen molar-refractivity contribution in [3.63, 3.8) is 0 Å². The third kappa shape index (κ3) is 3.82. The van der Waals surface area contributed by atoms with Crippen molar-refractivity contribution >= 4 is 0 Å². The lowest BCUT2D eigenvalue weighted by atomic mass is 9.44. The monoisotopic (exact) mass is 416 g/mol. The Balaban J connectivity index is 1.45. The summed E-state index contributed by atoms with van der Waals surface area (Å²) >= 11 is 0. The average Bonchev–Trinajstić information content (AvgIpc) is 3.08. The summed E-state index contributed by atoms with van der Waals surface area (Å²) in [6, 6.07) is 0. The highest BCUT2D eigenvalue weighted by Crippen LogP contribution is 2.68. The number of rotatable bonds is 6. The predicted molar refractivity (Wildman–Crippen MR) is 128 cm³/mol. The molecule has 0 saturated heterocycles. The molecule has 0 N–H and O–H groups in total. The third-order valence-corrected chi connectivity index (χ3v) is 11.9. The number of methoxy groups -OCH3 is 1. The van der Waals surface area contributed by atoms with Crippen molar-refractivity contribution in [1.82, 2.24) is 0 Å². The summed E-state index contributed by atoms with van der Waals surface area (Å²) in [4.78, 5) is 0. The quantitative estimate of drug-likeness (QED) is 0.422. The molecule has 4 aliphatic carbocycles. The van der Waals surface area contributed by atoms with Gasteiger partial charge >= 0.3 is 0 Å². The molecule has 1 heteroatoms. The Labute approximate surface area is 188 Å². The van der Waals surface area contributed by atoms with E-state index in [4.69, 9.17) is 4.74 Å². The van der Waals surface area contributed by atoms with Crippen LogP contribution in [0.3, 0.4) is 0 Å². The molecule has 4 saturated carbocycles. The summed E-state index contributed by atoms with van der Waals surface area (Å²) in [6.07, 6.45) is 16.6. The van der Waals surface area contributed by atoms with Crippen molar-refractivity contribution < 1.29 is 4.74 Å². The zero-order chi connectivity index (χ0) is 21.7. The molecule has 0 aromatic heterocycles. The summed E-state index contributed by atoms with van der Waals surface area (Å²) in [7, 11) is 1.94. The lowest BCUT2D eigenvalue weighted by molar-refractivity contribution is -0.133. The second-order valence-electron chi connectivity index (χ2n) is 13.3. The van der Waals surface area contributed by atoms with E-state index in [9.17, 15) is 0 Å². The smallest absolute Gasteiger partial charge is 0.0574 e. The summed E-state index contributed by atoms with van der Waals surface area (Å²) in [6.45, 7) is 15.3. The van der Waals surface area contributed by atoms with Crippen molar-refractivity contribution in [3.8, 4) is 0 Å². The largest absolute Gasteiger partial charge is 0.381 e. The summed E-state index contributed by atoms with van der Waals surface area (Å²) in [5, 5.41) is 0. The molecular weight excluding hydrogens is 364 g/mol. The van der Waals surface area contributed by atoms with Gasteiger partial charge < -0.3 is 4.74 Å². The molecule has 4 aliphatic rings. The van der Waals surface area contributed by atoms with Gasteiger partial charge in [0.1, 0.15) is 0 Å². The van der Waals surface area contributed by atoms with Crippen LogP contribution in [0.5, 0.6) is 0 Å². The van der Waals surface area contributed by atoms with E-state index in [1.165, 1.54) is 70.6 Å². The van der Waals surface area contributed by atoms with Gasteiger partial charge in [0, 0.05) is 7.11 Å². The Hall–Kier alpha value is -0.0400. The molecular formula is C29H52O. The van der Waals surface area contributed by atoms with Crippen LogP contribution >= 0.6 is 0 Å². The molecule has 0 aromatic carbocycles. The van der Waals surface area contributed by atoms with Crippen LogP contribution in [0.4, 0.5) is 0 Å². The lowest BCUT2D eigenvalue weighted by Gasteiger charge is -2.61. The Morgan fingerprint density at radius 2 is 1.50 bits per heavy atom. The zero-order valence-electron chi connectivity index (χ0n) is 21.4. The molecule has 4 rings (SSSR count). The van der Waals surface area contributed by atoms with Gasteiger partial charge in [-0.2, -0.15) is 0 Å². The zero-order valence-corrected chi connectivity index (χ0v) is 21.4. The van der Waals surface area contributed by atoms with Crippen molar-refractivity contribution in [2.24, 2.45) is 58.2 Å². The molecule has 4 fully saturated rings. The molecule has 2 unspecified atom stereocenters. The molecule has 10 atom stereocenters. The van der Waals surface area contributed by atoms with Gasteiger partial charge in [0.05, 0.1) is 6.10 Å². The number of hydrogen-bond donors (Lipinski definition) is 0. The Morgan fingerprint density at radius 3 is 2.20 bits per heavy atom. The van der Waals surface area contributed by atoms with Gasteiger partial charge in [0.2, 0.25) is 0 Å². The predicted octanol–water partition coefficient (Wildman–Crippen LogP) is 8.37. The molecule has 0 radical (unpaired) electrons. The van der Waals surface area contributed by atoms with E-state index in [1.54, 1.807) is 0 Å². The van der Waals surface area contributed by atoms with Gasteiger partial charge in [-0.3, -0.25) is 0 Å². The highest BCUT2D eigenvalue weighted by Gasteiger charge is 2.60. The van der Waals surface area contributed by atoms with Gasteiger partial charge in [-0.05, 0) is 116 Å². The molecule has 30 heavy (non-hydrogen) atoms. The van der Waals surface area contributed by atoms with Crippen LogP contribution in [-0.4, -0.2) is 13.2 Å². The lowest BCUT2D eigenvalue weighted by Crippen LogP contribution is -2.54. The van der Waals surface area contributed by atoms with Crippen LogP contribution in [-0.2, 0) is 4.74 Å². The van der Waals surface area contributed by atoms with Crippen molar-refractivity contribution in [1.29, 1.82) is 0 Å². The standard InChI is InChI=1S/C29H52O/c1-19(2)20(3)8-9-21(4)25-12-13-26-24-11-10-22-18-23(30-7)14-16-28(22,5)27(24)15-17-29(25,26)6/h19-27H,8-18H2,1-7H3/t20-,21+,22?,23?,24-,25+,26-,27-,28-,29+/m0/s1. The van der Waals surface area contributed by atoms with E-state index in [0.717, 1.165) is 47.3 Å². The fourth-order valence-electron chi connectivity index (χ4n) is 9.47. The molecule has 0 bridgehead atoms. The average molecular weight is 417 g/mol. The summed E-state index contributed by atoms with van der Waals surface area (Å²) in [5.41, 5.74) is 1.24. The van der Waals surface area contributed by atoms with Crippen LogP contribution < -0.4 is 0 Å². The van der Waals surface area contributed by atoms with E-state index in [1.807, 2.05) is 7.11 Å². The fourth-order valence-corrected chi connectivity index (χ4v) is 9.47. The molecule has 0 amide bonds. The first-order valence-corrected chi connectivity index (χ1v) is 13.7. The first-order valence-electron chi connectivity index (χ1n) is 13.7. The first kappa shape index (κ1) is 23.1. The third-order valence-electron chi connectivity index (χ3n) is 11.9. The maximum atomic E-state index is 5.80. The minimum Gasteiger partial charge on any atom is -0.381 e. The Kier molecular flexibility index (Phi) is 6.72.